The third-order valence-electron chi connectivity index (χ3n) is 4.72. The van der Waals surface area contributed by atoms with Gasteiger partial charge in [-0.05, 0) is 24.3 Å². The van der Waals surface area contributed by atoms with Gasteiger partial charge in [-0.15, -0.1) is 10.2 Å². The molecule has 0 radical (unpaired) electrons. The van der Waals surface area contributed by atoms with E-state index in [9.17, 15) is 4.79 Å². The van der Waals surface area contributed by atoms with Crippen molar-refractivity contribution in [3.63, 3.8) is 0 Å². The van der Waals surface area contributed by atoms with E-state index in [0.717, 1.165) is 30.3 Å². The van der Waals surface area contributed by atoms with E-state index in [4.69, 9.17) is 0 Å². The standard InChI is InChI=1S/C19H22N6O/c1-14(2)18-22-21-17-7-10-23(11-12-24(17)18)19(26)15-5-3-6-16(13-15)25-9-4-8-20-25/h3-6,8-9,13-14H,7,10-12H2,1-2H3. The maximum atomic E-state index is 13.0. The number of carbonyl (C=O) groups excluding carboxylic acids is 1. The lowest BCUT2D eigenvalue weighted by Crippen LogP contribution is -2.33. The predicted octanol–water partition coefficient (Wildman–Crippen LogP) is 2.29. The van der Waals surface area contributed by atoms with E-state index in [-0.39, 0.29) is 5.91 Å². The number of rotatable bonds is 3. The van der Waals surface area contributed by atoms with Gasteiger partial charge in [0.1, 0.15) is 11.6 Å². The largest absolute Gasteiger partial charge is 0.336 e. The lowest BCUT2D eigenvalue weighted by atomic mass is 10.1. The van der Waals surface area contributed by atoms with Crippen molar-refractivity contribution < 1.29 is 4.79 Å². The SMILES string of the molecule is CC(C)c1nnc2n1CCN(C(=O)c1cccc(-n3cccn3)c1)CC2. The number of hydrogen-bond donors (Lipinski definition) is 0. The van der Waals surface area contributed by atoms with Crippen LogP contribution < -0.4 is 0 Å². The van der Waals surface area contributed by atoms with Crippen LogP contribution in [0.15, 0.2) is 42.7 Å². The molecule has 1 aliphatic rings. The van der Waals surface area contributed by atoms with Crippen LogP contribution in [0, 0.1) is 0 Å². The molecule has 0 saturated heterocycles. The van der Waals surface area contributed by atoms with Crippen LogP contribution in [-0.2, 0) is 13.0 Å². The molecule has 2 aromatic heterocycles. The molecule has 7 nitrogen and oxygen atoms in total. The van der Waals surface area contributed by atoms with Crippen molar-refractivity contribution in [1.82, 2.24) is 29.4 Å². The van der Waals surface area contributed by atoms with Crippen LogP contribution >= 0.6 is 0 Å². The molecule has 7 heteroatoms. The first kappa shape index (κ1) is 16.5. The van der Waals surface area contributed by atoms with Crippen molar-refractivity contribution >= 4 is 5.91 Å². The highest BCUT2D eigenvalue weighted by Crippen LogP contribution is 2.18. The minimum atomic E-state index is 0.0452. The van der Waals surface area contributed by atoms with Crippen molar-refractivity contribution in [1.29, 1.82) is 0 Å². The molecule has 0 spiro atoms. The number of benzene rings is 1. The molecular weight excluding hydrogens is 328 g/mol. The maximum absolute atomic E-state index is 13.0. The maximum Gasteiger partial charge on any atom is 0.254 e. The topological polar surface area (TPSA) is 68.8 Å². The Morgan fingerprint density at radius 2 is 2.00 bits per heavy atom. The van der Waals surface area contributed by atoms with E-state index < -0.39 is 0 Å². The molecule has 1 aliphatic heterocycles. The second kappa shape index (κ2) is 6.74. The minimum absolute atomic E-state index is 0.0452. The van der Waals surface area contributed by atoms with Gasteiger partial charge in [-0.1, -0.05) is 19.9 Å². The van der Waals surface area contributed by atoms with Gasteiger partial charge in [0.25, 0.3) is 5.91 Å². The van der Waals surface area contributed by atoms with E-state index in [2.05, 4.69) is 33.7 Å². The molecule has 26 heavy (non-hydrogen) atoms. The zero-order chi connectivity index (χ0) is 18.1. The Hall–Kier alpha value is -2.96. The molecule has 3 aromatic rings. The van der Waals surface area contributed by atoms with Crippen molar-refractivity contribution in [2.45, 2.75) is 32.7 Å². The average Bonchev–Trinajstić information content (AvgIpc) is 3.28. The van der Waals surface area contributed by atoms with Crippen LogP contribution in [0.3, 0.4) is 0 Å². The number of amides is 1. The molecule has 1 amide bonds. The van der Waals surface area contributed by atoms with Crippen LogP contribution in [0.4, 0.5) is 0 Å². The lowest BCUT2D eigenvalue weighted by molar-refractivity contribution is 0.0758. The van der Waals surface area contributed by atoms with Crippen LogP contribution in [0.2, 0.25) is 0 Å². The lowest BCUT2D eigenvalue weighted by Gasteiger charge is -2.20. The number of fused-ring (bicyclic) bond motifs is 1. The van der Waals surface area contributed by atoms with Gasteiger partial charge in [0, 0.05) is 49.9 Å². The number of hydrogen-bond acceptors (Lipinski definition) is 4. The van der Waals surface area contributed by atoms with E-state index in [1.807, 2.05) is 41.4 Å². The summed E-state index contributed by atoms with van der Waals surface area (Å²) in [5.74, 6) is 2.33. The summed E-state index contributed by atoms with van der Waals surface area (Å²) >= 11 is 0. The second-order valence-corrected chi connectivity index (χ2v) is 6.82. The molecule has 3 heterocycles. The van der Waals surface area contributed by atoms with Crippen LogP contribution in [-0.4, -0.2) is 48.4 Å². The zero-order valence-electron chi connectivity index (χ0n) is 15.0. The molecule has 0 fully saturated rings. The summed E-state index contributed by atoms with van der Waals surface area (Å²) in [6.45, 7) is 6.29. The summed E-state index contributed by atoms with van der Waals surface area (Å²) in [4.78, 5) is 14.9. The van der Waals surface area contributed by atoms with Crippen molar-refractivity contribution in [3.05, 3.63) is 59.9 Å². The normalized spacial score (nSPS) is 14.3. The highest BCUT2D eigenvalue weighted by Gasteiger charge is 2.23. The summed E-state index contributed by atoms with van der Waals surface area (Å²) in [6, 6.07) is 9.46. The van der Waals surface area contributed by atoms with Gasteiger partial charge in [-0.3, -0.25) is 4.79 Å². The van der Waals surface area contributed by atoms with E-state index in [1.54, 1.807) is 10.9 Å². The number of carbonyl (C=O) groups is 1. The van der Waals surface area contributed by atoms with Gasteiger partial charge in [-0.2, -0.15) is 5.10 Å². The zero-order valence-corrected chi connectivity index (χ0v) is 15.0. The van der Waals surface area contributed by atoms with E-state index >= 15 is 0 Å². The molecule has 134 valence electrons. The van der Waals surface area contributed by atoms with Crippen LogP contribution in [0.25, 0.3) is 5.69 Å². The molecule has 0 saturated carbocycles. The Labute approximate surface area is 152 Å². The third-order valence-corrected chi connectivity index (χ3v) is 4.72. The van der Waals surface area contributed by atoms with Crippen LogP contribution in [0.5, 0.6) is 0 Å². The molecular formula is C19H22N6O. The molecule has 0 bridgehead atoms. The highest BCUT2D eigenvalue weighted by molar-refractivity contribution is 5.94. The van der Waals surface area contributed by atoms with Gasteiger partial charge in [-0.25, -0.2) is 4.68 Å². The van der Waals surface area contributed by atoms with Crippen LogP contribution in [0.1, 0.15) is 41.8 Å². The summed E-state index contributed by atoms with van der Waals surface area (Å²) in [6.07, 6.45) is 4.32. The quantitative estimate of drug-likeness (QED) is 0.727. The van der Waals surface area contributed by atoms with Gasteiger partial charge in [0.05, 0.1) is 5.69 Å². The predicted molar refractivity (Wildman–Crippen MR) is 97.3 cm³/mol. The number of aromatic nitrogens is 5. The smallest absolute Gasteiger partial charge is 0.254 e. The van der Waals surface area contributed by atoms with Crippen molar-refractivity contribution in [2.24, 2.45) is 0 Å². The fraction of sp³-hybridized carbons (Fsp3) is 0.368. The number of nitrogens with zero attached hydrogens (tertiary/aromatic N) is 6. The fourth-order valence-corrected chi connectivity index (χ4v) is 3.36. The van der Waals surface area contributed by atoms with Gasteiger partial charge < -0.3 is 9.47 Å². The molecule has 1 aromatic carbocycles. The first-order chi connectivity index (χ1) is 12.6. The van der Waals surface area contributed by atoms with Gasteiger partial charge >= 0.3 is 0 Å². The first-order valence-electron chi connectivity index (χ1n) is 8.95. The summed E-state index contributed by atoms with van der Waals surface area (Å²) in [5, 5.41) is 12.9. The van der Waals surface area contributed by atoms with Crippen molar-refractivity contribution in [3.8, 4) is 5.69 Å². The Balaban J connectivity index is 1.54. The average molecular weight is 350 g/mol. The first-order valence-corrected chi connectivity index (χ1v) is 8.95. The van der Waals surface area contributed by atoms with Gasteiger partial charge in [0.15, 0.2) is 0 Å². The molecule has 0 unspecified atom stereocenters. The third kappa shape index (κ3) is 3.00. The molecule has 0 atom stereocenters. The highest BCUT2D eigenvalue weighted by atomic mass is 16.2. The van der Waals surface area contributed by atoms with E-state index in [1.165, 1.54) is 0 Å². The summed E-state index contributed by atoms with van der Waals surface area (Å²) in [5.41, 5.74) is 1.56. The monoisotopic (exact) mass is 350 g/mol. The molecule has 0 aliphatic carbocycles. The summed E-state index contributed by atoms with van der Waals surface area (Å²) < 4.78 is 3.92. The summed E-state index contributed by atoms with van der Waals surface area (Å²) in [7, 11) is 0. The fourth-order valence-electron chi connectivity index (χ4n) is 3.36. The van der Waals surface area contributed by atoms with E-state index in [0.29, 0.717) is 24.6 Å². The Morgan fingerprint density at radius 1 is 1.12 bits per heavy atom. The Bertz CT molecular complexity index is 912. The Kier molecular flexibility index (Phi) is 4.28. The molecule has 0 N–H and O–H groups in total. The van der Waals surface area contributed by atoms with Gasteiger partial charge in [0.2, 0.25) is 0 Å². The van der Waals surface area contributed by atoms with Crippen molar-refractivity contribution in [2.75, 3.05) is 13.1 Å². The molecule has 4 rings (SSSR count). The second-order valence-electron chi connectivity index (χ2n) is 6.82. The Morgan fingerprint density at radius 3 is 2.77 bits per heavy atom. The minimum Gasteiger partial charge on any atom is -0.336 e.